The van der Waals surface area contributed by atoms with Gasteiger partial charge in [0.05, 0.1) is 11.1 Å². The summed E-state index contributed by atoms with van der Waals surface area (Å²) in [6.45, 7) is 0.355. The van der Waals surface area contributed by atoms with Gasteiger partial charge < -0.3 is 10.6 Å². The fourth-order valence-corrected chi connectivity index (χ4v) is 1.76. The third kappa shape index (κ3) is 2.74. The standard InChI is InChI=1S/C12H13N5O3/c1-16(7-8-5-14-15-6-8)12(18)9-2-3-10(13)11(4-9)17(19)20/h2-6H,7,13H2,1H3,(H,14,15). The zero-order valence-electron chi connectivity index (χ0n) is 10.7. The van der Waals surface area contributed by atoms with Gasteiger partial charge in [0.1, 0.15) is 5.69 Å². The molecule has 1 heterocycles. The monoisotopic (exact) mass is 275 g/mol. The van der Waals surface area contributed by atoms with Crippen LogP contribution >= 0.6 is 0 Å². The van der Waals surface area contributed by atoms with Crippen molar-refractivity contribution in [1.82, 2.24) is 15.1 Å². The number of hydrogen-bond acceptors (Lipinski definition) is 5. The van der Waals surface area contributed by atoms with E-state index in [0.29, 0.717) is 6.54 Å². The number of carbonyl (C=O) groups excluding carboxylic acids is 1. The molecule has 0 spiro atoms. The van der Waals surface area contributed by atoms with Crippen LogP contribution in [0, 0.1) is 10.1 Å². The lowest BCUT2D eigenvalue weighted by Gasteiger charge is -2.16. The molecule has 8 heteroatoms. The lowest BCUT2D eigenvalue weighted by Crippen LogP contribution is -2.26. The van der Waals surface area contributed by atoms with Crippen LogP contribution < -0.4 is 5.73 Å². The SMILES string of the molecule is CN(Cc1cn[nH]c1)C(=O)c1ccc(N)c([N+](=O)[O-])c1. The van der Waals surface area contributed by atoms with Gasteiger partial charge in [0, 0.05) is 37.0 Å². The summed E-state index contributed by atoms with van der Waals surface area (Å²) in [5, 5.41) is 17.2. The maximum Gasteiger partial charge on any atom is 0.292 e. The lowest BCUT2D eigenvalue weighted by atomic mass is 10.1. The van der Waals surface area contributed by atoms with E-state index in [1.54, 1.807) is 19.4 Å². The van der Waals surface area contributed by atoms with E-state index in [1.165, 1.54) is 23.1 Å². The Morgan fingerprint density at radius 3 is 2.90 bits per heavy atom. The number of nitrogens with two attached hydrogens (primary N) is 1. The molecular weight excluding hydrogens is 262 g/mol. The van der Waals surface area contributed by atoms with Crippen LogP contribution in [0.25, 0.3) is 0 Å². The first-order valence-electron chi connectivity index (χ1n) is 5.76. The quantitative estimate of drug-likeness (QED) is 0.493. The van der Waals surface area contributed by atoms with E-state index in [1.807, 2.05) is 0 Å². The summed E-state index contributed by atoms with van der Waals surface area (Å²) >= 11 is 0. The molecule has 1 amide bonds. The molecule has 0 bridgehead atoms. The number of nitrogen functional groups attached to an aromatic ring is 1. The number of nitrogens with one attached hydrogen (secondary N) is 1. The van der Waals surface area contributed by atoms with E-state index < -0.39 is 4.92 Å². The molecule has 0 unspecified atom stereocenters. The Bertz CT molecular complexity index is 639. The molecule has 3 N–H and O–H groups in total. The van der Waals surface area contributed by atoms with Crippen LogP contribution in [-0.2, 0) is 6.54 Å². The second kappa shape index (κ2) is 5.39. The number of nitrogens with zero attached hydrogens (tertiary/aromatic N) is 3. The molecule has 2 rings (SSSR count). The predicted octanol–water partition coefficient (Wildman–Crippen LogP) is 1.17. The van der Waals surface area contributed by atoms with Gasteiger partial charge in [-0.25, -0.2) is 0 Å². The number of rotatable bonds is 4. The van der Waals surface area contributed by atoms with Crippen molar-refractivity contribution < 1.29 is 9.72 Å². The molecule has 2 aromatic rings. The molecule has 1 aromatic carbocycles. The Morgan fingerprint density at radius 1 is 1.55 bits per heavy atom. The second-order valence-electron chi connectivity index (χ2n) is 4.30. The fourth-order valence-electron chi connectivity index (χ4n) is 1.76. The van der Waals surface area contributed by atoms with E-state index in [2.05, 4.69) is 10.2 Å². The normalized spacial score (nSPS) is 10.2. The smallest absolute Gasteiger partial charge is 0.292 e. The first-order valence-corrected chi connectivity index (χ1v) is 5.76. The number of nitro benzene ring substituents is 1. The van der Waals surface area contributed by atoms with Crippen molar-refractivity contribution in [3.8, 4) is 0 Å². The molecule has 0 saturated heterocycles. The minimum atomic E-state index is -0.609. The van der Waals surface area contributed by atoms with E-state index in [0.717, 1.165) is 5.56 Å². The van der Waals surface area contributed by atoms with Gasteiger partial charge in [0.15, 0.2) is 0 Å². The molecule has 1 aromatic heterocycles. The molecule has 0 aliphatic heterocycles. The first kappa shape index (κ1) is 13.5. The Morgan fingerprint density at radius 2 is 2.30 bits per heavy atom. The molecular formula is C12H13N5O3. The van der Waals surface area contributed by atoms with Crippen molar-refractivity contribution in [3.05, 3.63) is 51.8 Å². The van der Waals surface area contributed by atoms with Crippen molar-refractivity contribution in [2.45, 2.75) is 6.54 Å². The third-order valence-corrected chi connectivity index (χ3v) is 2.80. The summed E-state index contributed by atoms with van der Waals surface area (Å²) in [5.41, 5.74) is 6.32. The van der Waals surface area contributed by atoms with Gasteiger partial charge in [-0.05, 0) is 12.1 Å². The maximum absolute atomic E-state index is 12.2. The van der Waals surface area contributed by atoms with E-state index >= 15 is 0 Å². The van der Waals surface area contributed by atoms with Crippen LogP contribution in [0.15, 0.2) is 30.6 Å². The molecule has 20 heavy (non-hydrogen) atoms. The van der Waals surface area contributed by atoms with Gasteiger partial charge in [-0.15, -0.1) is 0 Å². The van der Waals surface area contributed by atoms with Crippen LogP contribution in [0.3, 0.4) is 0 Å². The highest BCUT2D eigenvalue weighted by Crippen LogP contribution is 2.23. The van der Waals surface area contributed by atoms with Crippen molar-refractivity contribution in [2.75, 3.05) is 12.8 Å². The number of benzene rings is 1. The van der Waals surface area contributed by atoms with Gasteiger partial charge in [-0.3, -0.25) is 20.0 Å². The summed E-state index contributed by atoms with van der Waals surface area (Å²) in [6, 6.07) is 4.01. The second-order valence-corrected chi connectivity index (χ2v) is 4.30. The number of amides is 1. The Hall–Kier alpha value is -2.90. The van der Waals surface area contributed by atoms with E-state index in [-0.39, 0.29) is 22.8 Å². The number of aromatic nitrogens is 2. The van der Waals surface area contributed by atoms with E-state index in [9.17, 15) is 14.9 Å². The first-order chi connectivity index (χ1) is 9.49. The van der Waals surface area contributed by atoms with Crippen LogP contribution in [0.5, 0.6) is 0 Å². The summed E-state index contributed by atoms with van der Waals surface area (Å²) in [5.74, 6) is -0.325. The Labute approximate surface area is 114 Å². The van der Waals surface area contributed by atoms with Crippen molar-refractivity contribution in [3.63, 3.8) is 0 Å². The highest BCUT2D eigenvalue weighted by Gasteiger charge is 2.18. The molecule has 0 atom stereocenters. The van der Waals surface area contributed by atoms with Gasteiger partial charge >= 0.3 is 0 Å². The molecule has 104 valence electrons. The molecule has 0 radical (unpaired) electrons. The summed E-state index contributed by atoms with van der Waals surface area (Å²) in [6.07, 6.45) is 3.28. The van der Waals surface area contributed by atoms with Crippen LogP contribution in [-0.4, -0.2) is 33.0 Å². The predicted molar refractivity (Wildman–Crippen MR) is 71.9 cm³/mol. The molecule has 0 fully saturated rings. The highest BCUT2D eigenvalue weighted by atomic mass is 16.6. The van der Waals surface area contributed by atoms with Crippen molar-refractivity contribution in [2.24, 2.45) is 0 Å². The molecule has 0 aliphatic carbocycles. The Kier molecular flexibility index (Phi) is 3.65. The third-order valence-electron chi connectivity index (χ3n) is 2.80. The van der Waals surface area contributed by atoms with Gasteiger partial charge in [-0.2, -0.15) is 5.10 Å². The van der Waals surface area contributed by atoms with Crippen LogP contribution in [0.1, 0.15) is 15.9 Å². The number of aromatic amines is 1. The lowest BCUT2D eigenvalue weighted by molar-refractivity contribution is -0.383. The number of nitro groups is 1. The largest absolute Gasteiger partial charge is 0.393 e. The number of hydrogen-bond donors (Lipinski definition) is 2. The van der Waals surface area contributed by atoms with Gasteiger partial charge in [0.2, 0.25) is 0 Å². The zero-order chi connectivity index (χ0) is 14.7. The summed E-state index contributed by atoms with van der Waals surface area (Å²) < 4.78 is 0. The van der Waals surface area contributed by atoms with E-state index in [4.69, 9.17) is 5.73 Å². The van der Waals surface area contributed by atoms with Gasteiger partial charge in [-0.1, -0.05) is 0 Å². The summed E-state index contributed by atoms with van der Waals surface area (Å²) in [4.78, 5) is 23.8. The highest BCUT2D eigenvalue weighted by molar-refractivity contribution is 5.95. The zero-order valence-corrected chi connectivity index (χ0v) is 10.7. The van der Waals surface area contributed by atoms with Crippen LogP contribution in [0.4, 0.5) is 11.4 Å². The van der Waals surface area contributed by atoms with Crippen molar-refractivity contribution in [1.29, 1.82) is 0 Å². The topological polar surface area (TPSA) is 118 Å². The summed E-state index contributed by atoms with van der Waals surface area (Å²) in [7, 11) is 1.61. The minimum absolute atomic E-state index is 0.0315. The minimum Gasteiger partial charge on any atom is -0.393 e. The Balaban J connectivity index is 2.20. The van der Waals surface area contributed by atoms with Crippen molar-refractivity contribution >= 4 is 17.3 Å². The molecule has 0 saturated carbocycles. The van der Waals surface area contributed by atoms with Crippen LogP contribution in [0.2, 0.25) is 0 Å². The average molecular weight is 275 g/mol. The average Bonchev–Trinajstić information content (AvgIpc) is 2.91. The van der Waals surface area contributed by atoms with Gasteiger partial charge in [0.25, 0.3) is 11.6 Å². The molecule has 8 nitrogen and oxygen atoms in total. The fraction of sp³-hybridized carbons (Fsp3) is 0.167. The number of H-pyrrole nitrogens is 1. The number of carbonyl (C=O) groups is 1. The molecule has 0 aliphatic rings. The number of anilines is 1. The maximum atomic E-state index is 12.2.